The van der Waals surface area contributed by atoms with Crippen LogP contribution in [0.1, 0.15) is 27.2 Å². The van der Waals surface area contributed by atoms with Gasteiger partial charge in [0.25, 0.3) is 0 Å². The first-order valence-corrected chi connectivity index (χ1v) is 6.86. The molecule has 0 fully saturated rings. The van der Waals surface area contributed by atoms with Crippen molar-refractivity contribution in [1.82, 2.24) is 10.2 Å². The lowest BCUT2D eigenvalue weighted by molar-refractivity contribution is 0.252. The SMILES string of the molecule is CCSCCNCCN(C)C(C)CC. The summed E-state index contributed by atoms with van der Waals surface area (Å²) in [5.41, 5.74) is 0. The van der Waals surface area contributed by atoms with E-state index in [2.05, 4.69) is 38.0 Å². The monoisotopic (exact) mass is 218 g/mol. The average Bonchev–Trinajstić information content (AvgIpc) is 2.21. The molecular formula is C11H26N2S. The minimum Gasteiger partial charge on any atom is -0.315 e. The Morgan fingerprint density at radius 2 is 2.00 bits per heavy atom. The van der Waals surface area contributed by atoms with E-state index in [9.17, 15) is 0 Å². The van der Waals surface area contributed by atoms with Gasteiger partial charge in [-0.15, -0.1) is 0 Å². The summed E-state index contributed by atoms with van der Waals surface area (Å²) < 4.78 is 0. The van der Waals surface area contributed by atoms with E-state index in [1.165, 1.54) is 17.9 Å². The van der Waals surface area contributed by atoms with E-state index in [1.807, 2.05) is 11.8 Å². The molecule has 0 aliphatic carbocycles. The van der Waals surface area contributed by atoms with Gasteiger partial charge in [0, 0.05) is 31.4 Å². The normalized spacial score (nSPS) is 13.5. The summed E-state index contributed by atoms with van der Waals surface area (Å²) >= 11 is 2.00. The number of likely N-dealkylation sites (N-methyl/N-ethyl adjacent to an activating group) is 1. The van der Waals surface area contributed by atoms with Crippen molar-refractivity contribution in [2.24, 2.45) is 0 Å². The van der Waals surface area contributed by atoms with Crippen LogP contribution in [0.3, 0.4) is 0 Å². The zero-order chi connectivity index (χ0) is 10.8. The predicted octanol–water partition coefficient (Wildman–Crippen LogP) is 2.06. The Hall–Kier alpha value is 0.270. The van der Waals surface area contributed by atoms with Crippen LogP contribution in [-0.2, 0) is 0 Å². The summed E-state index contributed by atoms with van der Waals surface area (Å²) in [5, 5.41) is 3.47. The number of nitrogens with zero attached hydrogens (tertiary/aromatic N) is 1. The molecule has 0 rings (SSSR count). The molecule has 0 spiro atoms. The Balaban J connectivity index is 3.18. The molecule has 0 aromatic heterocycles. The van der Waals surface area contributed by atoms with E-state index in [1.54, 1.807) is 0 Å². The number of thioether (sulfide) groups is 1. The zero-order valence-corrected chi connectivity index (χ0v) is 11.0. The van der Waals surface area contributed by atoms with Crippen molar-refractivity contribution >= 4 is 11.8 Å². The Kier molecular flexibility index (Phi) is 10.0. The highest BCUT2D eigenvalue weighted by Gasteiger charge is 2.04. The summed E-state index contributed by atoms with van der Waals surface area (Å²) in [6.07, 6.45) is 1.24. The second-order valence-corrected chi connectivity index (χ2v) is 5.08. The number of nitrogens with one attached hydrogen (secondary N) is 1. The third-order valence-corrected chi connectivity index (χ3v) is 3.51. The van der Waals surface area contributed by atoms with Crippen LogP contribution >= 0.6 is 11.8 Å². The number of hydrogen-bond acceptors (Lipinski definition) is 3. The largest absolute Gasteiger partial charge is 0.315 e. The Labute approximate surface area is 93.8 Å². The van der Waals surface area contributed by atoms with Crippen LogP contribution in [0.5, 0.6) is 0 Å². The molecule has 3 heteroatoms. The molecule has 0 aliphatic rings. The van der Waals surface area contributed by atoms with Crippen LogP contribution in [0.15, 0.2) is 0 Å². The van der Waals surface area contributed by atoms with Gasteiger partial charge in [-0.25, -0.2) is 0 Å². The summed E-state index contributed by atoms with van der Waals surface area (Å²) in [7, 11) is 2.20. The van der Waals surface area contributed by atoms with Crippen molar-refractivity contribution < 1.29 is 0 Å². The van der Waals surface area contributed by atoms with Crippen molar-refractivity contribution in [2.75, 3.05) is 38.2 Å². The molecule has 1 unspecified atom stereocenters. The van der Waals surface area contributed by atoms with Crippen LogP contribution in [-0.4, -0.2) is 49.1 Å². The van der Waals surface area contributed by atoms with Gasteiger partial charge in [-0.05, 0) is 26.1 Å². The van der Waals surface area contributed by atoms with Gasteiger partial charge >= 0.3 is 0 Å². The van der Waals surface area contributed by atoms with Gasteiger partial charge in [-0.2, -0.15) is 11.8 Å². The van der Waals surface area contributed by atoms with Crippen molar-refractivity contribution in [2.45, 2.75) is 33.2 Å². The standard InChI is InChI=1S/C11H26N2S/c1-5-11(3)13(4)9-7-12-8-10-14-6-2/h11-12H,5-10H2,1-4H3. The first-order valence-electron chi connectivity index (χ1n) is 5.71. The van der Waals surface area contributed by atoms with Gasteiger partial charge in [0.15, 0.2) is 0 Å². The van der Waals surface area contributed by atoms with Crippen LogP contribution in [0, 0.1) is 0 Å². The lowest BCUT2D eigenvalue weighted by Crippen LogP contribution is -2.35. The summed E-state index contributed by atoms with van der Waals surface area (Å²) in [6, 6.07) is 0.710. The van der Waals surface area contributed by atoms with Crippen molar-refractivity contribution in [3.8, 4) is 0 Å². The summed E-state index contributed by atoms with van der Waals surface area (Å²) in [5.74, 6) is 2.47. The molecule has 0 aromatic rings. The molecule has 2 nitrogen and oxygen atoms in total. The fourth-order valence-electron chi connectivity index (χ4n) is 1.20. The second kappa shape index (κ2) is 9.81. The molecular weight excluding hydrogens is 192 g/mol. The minimum absolute atomic E-state index is 0.710. The maximum absolute atomic E-state index is 3.47. The molecule has 0 heterocycles. The van der Waals surface area contributed by atoms with Crippen molar-refractivity contribution in [3.05, 3.63) is 0 Å². The lowest BCUT2D eigenvalue weighted by atomic mass is 10.2. The molecule has 0 amide bonds. The van der Waals surface area contributed by atoms with Gasteiger partial charge in [0.05, 0.1) is 0 Å². The highest BCUT2D eigenvalue weighted by molar-refractivity contribution is 7.99. The lowest BCUT2D eigenvalue weighted by Gasteiger charge is -2.23. The third-order valence-electron chi connectivity index (χ3n) is 2.61. The number of rotatable bonds is 9. The molecule has 86 valence electrons. The smallest absolute Gasteiger partial charge is 0.0107 e. The molecule has 0 radical (unpaired) electrons. The Morgan fingerprint density at radius 1 is 1.29 bits per heavy atom. The quantitative estimate of drug-likeness (QED) is 0.596. The highest BCUT2D eigenvalue weighted by atomic mass is 32.2. The number of hydrogen-bond donors (Lipinski definition) is 1. The molecule has 0 saturated carbocycles. The van der Waals surface area contributed by atoms with E-state index >= 15 is 0 Å². The predicted molar refractivity (Wildman–Crippen MR) is 68.3 cm³/mol. The maximum atomic E-state index is 3.47. The van der Waals surface area contributed by atoms with Gasteiger partial charge in [-0.3, -0.25) is 0 Å². The molecule has 0 saturated heterocycles. The molecule has 1 atom stereocenters. The Morgan fingerprint density at radius 3 is 2.57 bits per heavy atom. The molecule has 0 aromatic carbocycles. The van der Waals surface area contributed by atoms with Gasteiger partial charge < -0.3 is 10.2 Å². The maximum Gasteiger partial charge on any atom is 0.0107 e. The van der Waals surface area contributed by atoms with Crippen molar-refractivity contribution in [3.63, 3.8) is 0 Å². The van der Waals surface area contributed by atoms with Crippen molar-refractivity contribution in [1.29, 1.82) is 0 Å². The van der Waals surface area contributed by atoms with Gasteiger partial charge in [0.2, 0.25) is 0 Å². The minimum atomic E-state index is 0.710. The fourth-order valence-corrected chi connectivity index (χ4v) is 1.78. The van der Waals surface area contributed by atoms with Gasteiger partial charge in [0.1, 0.15) is 0 Å². The first kappa shape index (κ1) is 14.3. The average molecular weight is 218 g/mol. The molecule has 0 bridgehead atoms. The topological polar surface area (TPSA) is 15.3 Å². The summed E-state index contributed by atoms with van der Waals surface area (Å²) in [6.45, 7) is 10.2. The fraction of sp³-hybridized carbons (Fsp3) is 1.00. The highest BCUT2D eigenvalue weighted by Crippen LogP contribution is 1.98. The van der Waals surface area contributed by atoms with E-state index in [0.717, 1.165) is 19.6 Å². The van der Waals surface area contributed by atoms with E-state index in [0.29, 0.717) is 6.04 Å². The molecule has 14 heavy (non-hydrogen) atoms. The summed E-state index contributed by atoms with van der Waals surface area (Å²) in [4.78, 5) is 2.42. The second-order valence-electron chi connectivity index (χ2n) is 3.68. The van der Waals surface area contributed by atoms with Crippen LogP contribution in [0.4, 0.5) is 0 Å². The molecule has 0 aliphatic heterocycles. The Bertz CT molecular complexity index is 120. The van der Waals surface area contributed by atoms with E-state index < -0.39 is 0 Å². The zero-order valence-electron chi connectivity index (χ0n) is 10.2. The third kappa shape index (κ3) is 7.65. The molecule has 1 N–H and O–H groups in total. The van der Waals surface area contributed by atoms with E-state index in [-0.39, 0.29) is 0 Å². The van der Waals surface area contributed by atoms with E-state index in [4.69, 9.17) is 0 Å². The van der Waals surface area contributed by atoms with Crippen LogP contribution < -0.4 is 5.32 Å². The van der Waals surface area contributed by atoms with Gasteiger partial charge in [-0.1, -0.05) is 13.8 Å². The first-order chi connectivity index (χ1) is 6.72. The van der Waals surface area contributed by atoms with Crippen LogP contribution in [0.2, 0.25) is 0 Å². The van der Waals surface area contributed by atoms with Crippen LogP contribution in [0.25, 0.3) is 0 Å².